The Morgan fingerprint density at radius 2 is 2.41 bits per heavy atom. The number of rotatable bonds is 2. The predicted octanol–water partition coefficient (Wildman–Crippen LogP) is 2.08. The largest absolute Gasteiger partial charge is 0.334 e. The van der Waals surface area contributed by atoms with E-state index in [4.69, 9.17) is 5.73 Å². The average Bonchev–Trinajstić information content (AvgIpc) is 2.92. The van der Waals surface area contributed by atoms with Gasteiger partial charge in [0.15, 0.2) is 0 Å². The number of carbonyl (C=O) groups is 1. The predicted molar refractivity (Wildman–Crippen MR) is 68.9 cm³/mol. The maximum absolute atomic E-state index is 12.4. The fraction of sp³-hybridized carbons (Fsp3) is 0.615. The lowest BCUT2D eigenvalue weighted by Crippen LogP contribution is -2.49. The van der Waals surface area contributed by atoms with E-state index in [1.165, 1.54) is 10.4 Å². The minimum Gasteiger partial charge on any atom is -0.334 e. The van der Waals surface area contributed by atoms with E-state index in [1.807, 2.05) is 16.2 Å². The Morgan fingerprint density at radius 1 is 1.65 bits per heavy atom. The molecule has 1 unspecified atom stereocenters. The number of carbonyl (C=O) groups excluding carboxylic acids is 1. The Kier molecular flexibility index (Phi) is 2.52. The Labute approximate surface area is 106 Å². The molecule has 2 heterocycles. The highest BCUT2D eigenvalue weighted by atomic mass is 32.1. The molecule has 0 spiro atoms. The smallest absolute Gasteiger partial charge is 0.243 e. The van der Waals surface area contributed by atoms with Crippen molar-refractivity contribution in [3.8, 4) is 0 Å². The van der Waals surface area contributed by atoms with Crippen LogP contribution in [-0.2, 0) is 11.2 Å². The highest BCUT2D eigenvalue weighted by Gasteiger charge is 2.49. The van der Waals surface area contributed by atoms with Crippen LogP contribution in [0, 0.1) is 0 Å². The number of fused-ring (bicyclic) bond motifs is 1. The zero-order valence-corrected chi connectivity index (χ0v) is 10.9. The van der Waals surface area contributed by atoms with Crippen LogP contribution in [0.5, 0.6) is 0 Å². The van der Waals surface area contributed by atoms with Crippen LogP contribution in [0.3, 0.4) is 0 Å². The third-order valence-corrected chi connectivity index (χ3v) is 4.95. The Bertz CT molecular complexity index is 450. The van der Waals surface area contributed by atoms with Crippen molar-refractivity contribution in [1.82, 2.24) is 4.90 Å². The van der Waals surface area contributed by atoms with Gasteiger partial charge in [0, 0.05) is 11.4 Å². The van der Waals surface area contributed by atoms with Crippen molar-refractivity contribution in [2.45, 2.75) is 44.2 Å². The van der Waals surface area contributed by atoms with E-state index in [9.17, 15) is 4.79 Å². The van der Waals surface area contributed by atoms with E-state index in [2.05, 4.69) is 18.4 Å². The Balaban J connectivity index is 1.89. The zero-order valence-electron chi connectivity index (χ0n) is 10.1. The van der Waals surface area contributed by atoms with Crippen LogP contribution in [0.2, 0.25) is 0 Å². The van der Waals surface area contributed by atoms with Gasteiger partial charge in [0.25, 0.3) is 0 Å². The summed E-state index contributed by atoms with van der Waals surface area (Å²) in [6, 6.07) is 2.42. The maximum atomic E-state index is 12.4. The van der Waals surface area contributed by atoms with E-state index < -0.39 is 5.54 Å². The summed E-state index contributed by atoms with van der Waals surface area (Å²) >= 11 is 1.81. The van der Waals surface area contributed by atoms with Gasteiger partial charge >= 0.3 is 0 Å². The van der Waals surface area contributed by atoms with Crippen molar-refractivity contribution in [3.05, 3.63) is 21.9 Å². The minimum atomic E-state index is -0.527. The number of hydrogen-bond acceptors (Lipinski definition) is 3. The molecule has 1 saturated carbocycles. The summed E-state index contributed by atoms with van der Waals surface area (Å²) in [5.74, 6) is 0.168. The molecule has 1 aliphatic heterocycles. The molecule has 0 aromatic carbocycles. The van der Waals surface area contributed by atoms with Crippen molar-refractivity contribution >= 4 is 17.2 Å². The summed E-state index contributed by atoms with van der Waals surface area (Å²) in [5, 5.41) is 2.14. The maximum Gasteiger partial charge on any atom is 0.243 e. The lowest BCUT2D eigenvalue weighted by atomic mass is 9.96. The van der Waals surface area contributed by atoms with E-state index in [0.717, 1.165) is 32.2 Å². The fourth-order valence-corrected chi connectivity index (χ4v) is 3.64. The second-order valence-corrected chi connectivity index (χ2v) is 6.13. The fourth-order valence-electron chi connectivity index (χ4n) is 2.71. The quantitative estimate of drug-likeness (QED) is 0.873. The number of nitrogens with two attached hydrogens (primary N) is 1. The second-order valence-electron chi connectivity index (χ2n) is 5.13. The molecular weight excluding hydrogens is 232 g/mol. The first-order valence-electron chi connectivity index (χ1n) is 6.32. The van der Waals surface area contributed by atoms with E-state index in [-0.39, 0.29) is 11.9 Å². The van der Waals surface area contributed by atoms with Crippen molar-refractivity contribution < 1.29 is 4.79 Å². The Morgan fingerprint density at radius 3 is 3.06 bits per heavy atom. The zero-order chi connectivity index (χ0) is 12.0. The van der Waals surface area contributed by atoms with Crippen LogP contribution in [0.1, 0.15) is 42.7 Å². The third kappa shape index (κ3) is 1.70. The van der Waals surface area contributed by atoms with Crippen LogP contribution in [0.25, 0.3) is 0 Å². The first kappa shape index (κ1) is 11.2. The molecule has 1 amide bonds. The van der Waals surface area contributed by atoms with Gasteiger partial charge < -0.3 is 10.6 Å². The standard InChI is InChI=1S/C13H18N2OS/c1-2-10-9-4-8-17-11(9)3-7-15(10)12(16)13(14)5-6-13/h4,8,10H,2-3,5-7,14H2,1H3. The van der Waals surface area contributed by atoms with Crippen LogP contribution in [-0.4, -0.2) is 22.9 Å². The van der Waals surface area contributed by atoms with Crippen LogP contribution < -0.4 is 5.73 Å². The lowest BCUT2D eigenvalue weighted by Gasteiger charge is -2.37. The van der Waals surface area contributed by atoms with Gasteiger partial charge in [-0.05, 0) is 42.7 Å². The van der Waals surface area contributed by atoms with Crippen LogP contribution >= 0.6 is 11.3 Å². The monoisotopic (exact) mass is 250 g/mol. The summed E-state index contributed by atoms with van der Waals surface area (Å²) < 4.78 is 0. The number of amides is 1. The molecule has 1 aliphatic carbocycles. The molecule has 3 rings (SSSR count). The van der Waals surface area contributed by atoms with Crippen molar-refractivity contribution in [3.63, 3.8) is 0 Å². The molecule has 0 bridgehead atoms. The van der Waals surface area contributed by atoms with Crippen molar-refractivity contribution in [2.75, 3.05) is 6.54 Å². The van der Waals surface area contributed by atoms with Gasteiger partial charge in [-0.3, -0.25) is 4.79 Å². The third-order valence-electron chi connectivity index (χ3n) is 3.96. The topological polar surface area (TPSA) is 46.3 Å². The molecule has 2 N–H and O–H groups in total. The molecule has 92 valence electrons. The SMILES string of the molecule is CCC1c2ccsc2CCN1C(=O)C1(N)CC1. The van der Waals surface area contributed by atoms with Gasteiger partial charge in [-0.25, -0.2) is 0 Å². The highest BCUT2D eigenvalue weighted by molar-refractivity contribution is 7.10. The molecule has 17 heavy (non-hydrogen) atoms. The van der Waals surface area contributed by atoms with Crippen LogP contribution in [0.4, 0.5) is 0 Å². The normalized spacial score (nSPS) is 25.5. The van der Waals surface area contributed by atoms with Crippen molar-refractivity contribution in [2.24, 2.45) is 5.73 Å². The van der Waals surface area contributed by atoms with Gasteiger partial charge in [0.05, 0.1) is 11.6 Å². The Hall–Kier alpha value is -0.870. The summed E-state index contributed by atoms with van der Waals surface area (Å²) in [6.45, 7) is 2.98. The first-order chi connectivity index (χ1) is 8.15. The summed E-state index contributed by atoms with van der Waals surface area (Å²) in [4.78, 5) is 15.9. The van der Waals surface area contributed by atoms with E-state index in [0.29, 0.717) is 0 Å². The van der Waals surface area contributed by atoms with Gasteiger partial charge in [-0.15, -0.1) is 11.3 Å². The highest BCUT2D eigenvalue weighted by Crippen LogP contribution is 2.40. The molecule has 1 aromatic rings. The molecule has 3 nitrogen and oxygen atoms in total. The molecule has 4 heteroatoms. The summed E-state index contributed by atoms with van der Waals surface area (Å²) in [6.07, 6.45) is 3.68. The van der Waals surface area contributed by atoms with Gasteiger partial charge in [-0.2, -0.15) is 0 Å². The molecular formula is C13H18N2OS. The molecule has 0 saturated heterocycles. The summed E-state index contributed by atoms with van der Waals surface area (Å²) in [5.41, 5.74) is 6.87. The lowest BCUT2D eigenvalue weighted by molar-refractivity contribution is -0.136. The van der Waals surface area contributed by atoms with Crippen LogP contribution in [0.15, 0.2) is 11.4 Å². The molecule has 2 aliphatic rings. The molecule has 1 aromatic heterocycles. The molecule has 1 atom stereocenters. The number of hydrogen-bond donors (Lipinski definition) is 1. The molecule has 0 radical (unpaired) electrons. The first-order valence-corrected chi connectivity index (χ1v) is 7.20. The number of thiophene rings is 1. The average molecular weight is 250 g/mol. The van der Waals surface area contributed by atoms with Gasteiger partial charge in [0.2, 0.25) is 5.91 Å². The van der Waals surface area contributed by atoms with E-state index >= 15 is 0 Å². The summed E-state index contributed by atoms with van der Waals surface area (Å²) in [7, 11) is 0. The van der Waals surface area contributed by atoms with E-state index in [1.54, 1.807) is 0 Å². The van der Waals surface area contributed by atoms with Crippen molar-refractivity contribution in [1.29, 1.82) is 0 Å². The number of nitrogens with zero attached hydrogens (tertiary/aromatic N) is 1. The van der Waals surface area contributed by atoms with Gasteiger partial charge in [0.1, 0.15) is 0 Å². The van der Waals surface area contributed by atoms with Gasteiger partial charge in [-0.1, -0.05) is 6.92 Å². The minimum absolute atomic E-state index is 0.168. The molecule has 1 fully saturated rings. The second kappa shape index (κ2) is 3.82.